The van der Waals surface area contributed by atoms with Crippen LogP contribution < -0.4 is 25.5 Å². The van der Waals surface area contributed by atoms with Crippen LogP contribution in [0.3, 0.4) is 0 Å². The number of nitrogens with zero attached hydrogens (tertiary/aromatic N) is 5. The zero-order valence-electron chi connectivity index (χ0n) is 21.5. The smallest absolute Gasteiger partial charge is 0.324 e. The van der Waals surface area contributed by atoms with E-state index >= 15 is 0 Å². The zero-order chi connectivity index (χ0) is 25.4. The number of hydrogen-bond donors (Lipinski definition) is 0. The molecule has 0 aliphatic carbocycles. The van der Waals surface area contributed by atoms with Crippen molar-refractivity contribution in [3.05, 3.63) is 123 Å². The van der Waals surface area contributed by atoms with Crippen LogP contribution in [0.1, 0.15) is 0 Å². The molecule has 0 aromatic heterocycles. The first kappa shape index (κ1) is 24.2. The van der Waals surface area contributed by atoms with Crippen molar-refractivity contribution < 1.29 is 20.4 Å². The molecule has 0 unspecified atom stereocenters. The van der Waals surface area contributed by atoms with Crippen molar-refractivity contribution in [2.24, 2.45) is 0 Å². The third kappa shape index (κ3) is 3.65. The Morgan fingerprint density at radius 1 is 0.564 bits per heavy atom. The van der Waals surface area contributed by atoms with Crippen LogP contribution in [-0.4, -0.2) is 30.7 Å². The molecule has 4 heterocycles. The van der Waals surface area contributed by atoms with Gasteiger partial charge in [0.05, 0.1) is 0 Å². The Kier molecular flexibility index (Phi) is 5.63. The van der Waals surface area contributed by atoms with Crippen LogP contribution >= 0.6 is 0 Å². The number of benzene rings is 4. The summed E-state index contributed by atoms with van der Waals surface area (Å²) >= 11 is 0. The summed E-state index contributed by atoms with van der Waals surface area (Å²) < 4.78 is 0. The Morgan fingerprint density at radius 2 is 1.03 bits per heavy atom. The molecule has 4 aliphatic rings. The van der Waals surface area contributed by atoms with Crippen LogP contribution in [0.25, 0.3) is 22.3 Å². The van der Waals surface area contributed by atoms with E-state index < -0.39 is 0 Å². The standard InChI is InChI=1S/C32H24BN5.Pd/c1-34-15-17-36(21-34)23-11-13-27-25-7-3-5-9-29(25)33-30-10-6-4-8-26(30)28-14-12-24(37-18-16-35(2)22-37)20-32(28)38(33)31(27)19-23;/h3-18,21-22H,1-2H3;/q-4;. The maximum atomic E-state index is 3.81. The van der Waals surface area contributed by atoms with Crippen molar-refractivity contribution in [3.63, 3.8) is 0 Å². The predicted molar refractivity (Wildman–Crippen MR) is 156 cm³/mol. The molecule has 8 rings (SSSR count). The van der Waals surface area contributed by atoms with Gasteiger partial charge in [-0.1, -0.05) is 82.0 Å². The third-order valence-electron chi connectivity index (χ3n) is 7.74. The van der Waals surface area contributed by atoms with Crippen molar-refractivity contribution in [1.29, 1.82) is 0 Å². The fraction of sp³-hybridized carbons (Fsp3) is 0.0625. The SMILES string of the molecule is CN1C=CN(c2[c-]c3c(cc2)-c2ccccc2B2c4ccccc4-c4ccc(N5C=CN(C)[CH-]5)[c-]c4N23)[CH-]1.[Pd]. The van der Waals surface area contributed by atoms with Crippen molar-refractivity contribution in [2.75, 3.05) is 28.7 Å². The first-order valence-corrected chi connectivity index (χ1v) is 12.8. The Bertz CT molecular complexity index is 1550. The van der Waals surface area contributed by atoms with Crippen molar-refractivity contribution in [2.45, 2.75) is 0 Å². The Hall–Kier alpha value is -3.91. The summed E-state index contributed by atoms with van der Waals surface area (Å²) in [6, 6.07) is 34.0. The molecule has 5 nitrogen and oxygen atoms in total. The molecular weight excluding hydrogens is 572 g/mol. The van der Waals surface area contributed by atoms with Gasteiger partial charge in [0, 0.05) is 20.4 Å². The molecule has 39 heavy (non-hydrogen) atoms. The van der Waals surface area contributed by atoms with Gasteiger partial charge in [0.2, 0.25) is 0 Å². The van der Waals surface area contributed by atoms with Gasteiger partial charge < -0.3 is 24.4 Å². The molecule has 7 heteroatoms. The van der Waals surface area contributed by atoms with E-state index in [1.54, 1.807) is 0 Å². The number of anilines is 4. The van der Waals surface area contributed by atoms with E-state index in [1.165, 1.54) is 33.2 Å². The van der Waals surface area contributed by atoms with E-state index in [0.29, 0.717) is 0 Å². The van der Waals surface area contributed by atoms with Gasteiger partial charge in [0.1, 0.15) is 0 Å². The van der Waals surface area contributed by atoms with Crippen LogP contribution in [-0.2, 0) is 20.4 Å². The summed E-state index contributed by atoms with van der Waals surface area (Å²) in [5.74, 6) is 0. The molecular formula is C32H24BN5Pd-4. The number of rotatable bonds is 2. The van der Waals surface area contributed by atoms with Gasteiger partial charge in [-0.15, -0.1) is 46.8 Å². The maximum absolute atomic E-state index is 3.81. The molecule has 4 aromatic rings. The van der Waals surface area contributed by atoms with E-state index in [4.69, 9.17) is 0 Å². The summed E-state index contributed by atoms with van der Waals surface area (Å²) in [4.78, 5) is 10.8. The molecule has 0 spiro atoms. The summed E-state index contributed by atoms with van der Waals surface area (Å²) in [7, 11) is 4.08. The quantitative estimate of drug-likeness (QED) is 0.242. The molecule has 0 atom stereocenters. The predicted octanol–water partition coefficient (Wildman–Crippen LogP) is 4.87. The van der Waals surface area contributed by atoms with E-state index in [-0.39, 0.29) is 27.3 Å². The fourth-order valence-corrected chi connectivity index (χ4v) is 6.02. The van der Waals surface area contributed by atoms with E-state index in [1.807, 2.05) is 14.1 Å². The van der Waals surface area contributed by atoms with Gasteiger partial charge in [0.25, 0.3) is 0 Å². The fourth-order valence-electron chi connectivity index (χ4n) is 6.02. The summed E-state index contributed by atoms with van der Waals surface area (Å²) in [6.07, 6.45) is 8.24. The third-order valence-corrected chi connectivity index (χ3v) is 7.74. The van der Waals surface area contributed by atoms with E-state index in [2.05, 4.69) is 147 Å². The number of fused-ring (bicyclic) bond motifs is 11. The molecule has 0 fully saturated rings. The van der Waals surface area contributed by atoms with Crippen LogP contribution in [0.5, 0.6) is 0 Å². The largest absolute Gasteiger partial charge is 0.510 e. The zero-order valence-corrected chi connectivity index (χ0v) is 23.1. The first-order valence-electron chi connectivity index (χ1n) is 12.8. The molecule has 0 radical (unpaired) electrons. The normalized spacial score (nSPS) is 16.1. The van der Waals surface area contributed by atoms with Crippen LogP contribution in [0.15, 0.2) is 97.6 Å². The minimum absolute atomic E-state index is 0. The molecule has 0 bridgehead atoms. The Balaban J connectivity index is 0.00000253. The second-order valence-electron chi connectivity index (χ2n) is 10.1. The molecule has 0 amide bonds. The Labute approximate surface area is 244 Å². The van der Waals surface area contributed by atoms with Gasteiger partial charge in [-0.05, 0) is 38.9 Å². The van der Waals surface area contributed by atoms with E-state index in [0.717, 1.165) is 22.7 Å². The van der Waals surface area contributed by atoms with E-state index in [9.17, 15) is 0 Å². The molecule has 0 N–H and O–H groups in total. The molecule has 4 aliphatic heterocycles. The van der Waals surface area contributed by atoms with Crippen molar-refractivity contribution in [1.82, 2.24) is 9.80 Å². The molecule has 0 saturated carbocycles. The molecule has 0 saturated heterocycles. The minimum Gasteiger partial charge on any atom is -0.510 e. The van der Waals surface area contributed by atoms with Gasteiger partial charge >= 0.3 is 6.85 Å². The van der Waals surface area contributed by atoms with Gasteiger partial charge in [0.15, 0.2) is 0 Å². The van der Waals surface area contributed by atoms with Crippen molar-refractivity contribution >= 4 is 40.5 Å². The monoisotopic (exact) mass is 595 g/mol. The summed E-state index contributed by atoms with van der Waals surface area (Å²) in [5, 5.41) is 0. The van der Waals surface area contributed by atoms with Gasteiger partial charge in [-0.25, -0.2) is 0 Å². The second-order valence-corrected chi connectivity index (χ2v) is 10.1. The first-order chi connectivity index (χ1) is 18.7. The minimum atomic E-state index is 0. The van der Waals surface area contributed by atoms with Crippen LogP contribution in [0, 0.1) is 25.5 Å². The average Bonchev–Trinajstić information content (AvgIpc) is 3.60. The van der Waals surface area contributed by atoms with Crippen LogP contribution in [0.2, 0.25) is 0 Å². The summed E-state index contributed by atoms with van der Waals surface area (Å²) in [5.41, 5.74) is 11.7. The van der Waals surface area contributed by atoms with Gasteiger partial charge in [-0.2, -0.15) is 25.5 Å². The Morgan fingerprint density at radius 3 is 1.46 bits per heavy atom. The van der Waals surface area contributed by atoms with Gasteiger partial charge in [-0.3, -0.25) is 0 Å². The maximum Gasteiger partial charge on any atom is 0.324 e. The average molecular weight is 596 g/mol. The molecule has 194 valence electrons. The van der Waals surface area contributed by atoms with Crippen molar-refractivity contribution in [3.8, 4) is 22.3 Å². The second kappa shape index (κ2) is 9.09. The number of hydrogen-bond acceptors (Lipinski definition) is 5. The topological polar surface area (TPSA) is 16.2 Å². The van der Waals surface area contributed by atoms with Crippen LogP contribution in [0.4, 0.5) is 22.7 Å². The summed E-state index contributed by atoms with van der Waals surface area (Å²) in [6.45, 7) is 4.17. The molecule has 4 aromatic carbocycles.